The highest BCUT2D eigenvalue weighted by atomic mass is 16.6. The van der Waals surface area contributed by atoms with E-state index in [-0.39, 0.29) is 12.5 Å². The summed E-state index contributed by atoms with van der Waals surface area (Å²) >= 11 is 0. The van der Waals surface area contributed by atoms with Gasteiger partial charge in [-0.15, -0.1) is 0 Å². The lowest BCUT2D eigenvalue weighted by Crippen LogP contribution is -2.34. The fraction of sp³-hybridized carbons (Fsp3) is 0.538. The van der Waals surface area contributed by atoms with E-state index in [2.05, 4.69) is 0 Å². The zero-order chi connectivity index (χ0) is 11.7. The van der Waals surface area contributed by atoms with Gasteiger partial charge in [0.25, 0.3) is 0 Å². The van der Waals surface area contributed by atoms with Gasteiger partial charge in [-0.25, -0.2) is 0 Å². The predicted octanol–water partition coefficient (Wildman–Crippen LogP) is 1.18. The Balaban J connectivity index is 1.86. The number of hydrogen-bond donors (Lipinski definition) is 1. The second-order valence-corrected chi connectivity index (χ2v) is 4.49. The third kappa shape index (κ3) is 1.98. The summed E-state index contributed by atoms with van der Waals surface area (Å²) in [5, 5.41) is 9.49. The van der Waals surface area contributed by atoms with Crippen molar-refractivity contribution in [1.82, 2.24) is 0 Å². The van der Waals surface area contributed by atoms with Crippen LogP contribution in [-0.4, -0.2) is 38.1 Å². The van der Waals surface area contributed by atoms with Crippen LogP contribution < -0.4 is 9.47 Å². The number of rotatable bonds is 3. The number of aliphatic hydroxyl groups is 1. The molecule has 1 unspecified atom stereocenters. The Hall–Kier alpha value is -1.26. The third-order valence-electron chi connectivity index (χ3n) is 3.42. The highest BCUT2D eigenvalue weighted by molar-refractivity contribution is 5.45. The first-order valence-electron chi connectivity index (χ1n) is 5.96. The van der Waals surface area contributed by atoms with Crippen LogP contribution in [0.1, 0.15) is 11.5 Å². The third-order valence-corrected chi connectivity index (χ3v) is 3.42. The second-order valence-electron chi connectivity index (χ2n) is 4.49. The Bertz CT molecular complexity index is 400. The summed E-state index contributed by atoms with van der Waals surface area (Å²) in [6.07, 6.45) is 0. The minimum atomic E-state index is 0.138. The molecule has 2 heterocycles. The summed E-state index contributed by atoms with van der Waals surface area (Å²) in [6, 6.07) is 5.91. The molecule has 0 aromatic heterocycles. The quantitative estimate of drug-likeness (QED) is 0.856. The van der Waals surface area contributed by atoms with Crippen molar-refractivity contribution in [1.29, 1.82) is 0 Å². The molecule has 4 heteroatoms. The molecule has 0 radical (unpaired) electrons. The van der Waals surface area contributed by atoms with E-state index >= 15 is 0 Å². The van der Waals surface area contributed by atoms with Crippen molar-refractivity contribution in [3.05, 3.63) is 23.8 Å². The zero-order valence-electron chi connectivity index (χ0n) is 9.59. The van der Waals surface area contributed by atoms with Gasteiger partial charge in [0.2, 0.25) is 0 Å². The number of aliphatic hydroxyl groups excluding tert-OH is 1. The van der Waals surface area contributed by atoms with Crippen LogP contribution >= 0.6 is 0 Å². The van der Waals surface area contributed by atoms with Gasteiger partial charge in [0.1, 0.15) is 13.2 Å². The molecule has 1 aromatic rings. The first kappa shape index (κ1) is 10.9. The average molecular weight is 236 g/mol. The molecule has 1 atom stereocenters. The molecular weight excluding hydrogens is 220 g/mol. The van der Waals surface area contributed by atoms with Crippen molar-refractivity contribution in [3.63, 3.8) is 0 Å². The highest BCUT2D eigenvalue weighted by Gasteiger charge is 2.29. The van der Waals surface area contributed by atoms with Gasteiger partial charge < -0.3 is 19.3 Å². The van der Waals surface area contributed by atoms with Crippen LogP contribution in [0.25, 0.3) is 0 Å². The topological polar surface area (TPSA) is 47.9 Å². The van der Waals surface area contributed by atoms with Crippen LogP contribution in [0.5, 0.6) is 11.5 Å². The van der Waals surface area contributed by atoms with Gasteiger partial charge in [0, 0.05) is 11.8 Å². The first-order chi connectivity index (χ1) is 8.38. The Labute approximate surface area is 100 Å². The van der Waals surface area contributed by atoms with Gasteiger partial charge in [-0.1, -0.05) is 6.07 Å². The molecule has 0 amide bonds. The van der Waals surface area contributed by atoms with Crippen LogP contribution in [-0.2, 0) is 4.74 Å². The molecule has 17 heavy (non-hydrogen) atoms. The van der Waals surface area contributed by atoms with Gasteiger partial charge in [-0.3, -0.25) is 0 Å². The van der Waals surface area contributed by atoms with Crippen molar-refractivity contribution >= 4 is 0 Å². The van der Waals surface area contributed by atoms with Crippen molar-refractivity contribution in [2.45, 2.75) is 5.92 Å². The molecule has 4 nitrogen and oxygen atoms in total. The van der Waals surface area contributed by atoms with Crippen LogP contribution in [0.4, 0.5) is 0 Å². The van der Waals surface area contributed by atoms with E-state index in [4.69, 9.17) is 14.2 Å². The SMILES string of the molecule is OCC(c1ccc2c(c1)OCCO2)C1COC1. The first-order valence-corrected chi connectivity index (χ1v) is 5.96. The van der Waals surface area contributed by atoms with Gasteiger partial charge in [-0.05, 0) is 17.7 Å². The van der Waals surface area contributed by atoms with Crippen molar-refractivity contribution in [2.75, 3.05) is 33.0 Å². The molecule has 1 fully saturated rings. The van der Waals surface area contributed by atoms with Crippen LogP contribution in [0.3, 0.4) is 0 Å². The minimum absolute atomic E-state index is 0.138. The summed E-state index contributed by atoms with van der Waals surface area (Å²) in [5.74, 6) is 2.14. The van der Waals surface area contributed by atoms with E-state index < -0.39 is 0 Å². The van der Waals surface area contributed by atoms with Gasteiger partial charge in [-0.2, -0.15) is 0 Å². The molecule has 92 valence electrons. The lowest BCUT2D eigenvalue weighted by molar-refractivity contribution is -0.0527. The summed E-state index contributed by atoms with van der Waals surface area (Å²) in [6.45, 7) is 2.81. The van der Waals surface area contributed by atoms with Gasteiger partial charge >= 0.3 is 0 Å². The van der Waals surface area contributed by atoms with Gasteiger partial charge in [0.15, 0.2) is 11.5 Å². The molecule has 1 N–H and O–H groups in total. The lowest BCUT2D eigenvalue weighted by atomic mass is 9.85. The van der Waals surface area contributed by atoms with Crippen LogP contribution in [0.15, 0.2) is 18.2 Å². The minimum Gasteiger partial charge on any atom is -0.486 e. The fourth-order valence-electron chi connectivity index (χ4n) is 2.30. The normalized spacial score (nSPS) is 20.8. The maximum Gasteiger partial charge on any atom is 0.161 e. The number of ether oxygens (including phenoxy) is 3. The molecule has 0 aliphatic carbocycles. The second kappa shape index (κ2) is 4.55. The predicted molar refractivity (Wildman–Crippen MR) is 61.6 cm³/mol. The van der Waals surface area contributed by atoms with E-state index in [1.807, 2.05) is 18.2 Å². The lowest BCUT2D eigenvalue weighted by Gasteiger charge is -2.33. The Kier molecular flexibility index (Phi) is 2.91. The summed E-state index contributed by atoms with van der Waals surface area (Å²) in [4.78, 5) is 0. The molecule has 0 saturated carbocycles. The van der Waals surface area contributed by atoms with Gasteiger partial charge in [0.05, 0.1) is 19.8 Å². The molecule has 2 aliphatic heterocycles. The molecule has 2 aliphatic rings. The number of benzene rings is 1. The molecule has 3 rings (SSSR count). The molecular formula is C13H16O4. The van der Waals surface area contributed by atoms with Crippen LogP contribution in [0.2, 0.25) is 0 Å². The van der Waals surface area contributed by atoms with E-state index in [9.17, 15) is 5.11 Å². The zero-order valence-corrected chi connectivity index (χ0v) is 9.59. The Morgan fingerprint density at radius 1 is 1.18 bits per heavy atom. The van der Waals surface area contributed by atoms with E-state index in [0.29, 0.717) is 19.1 Å². The van der Waals surface area contributed by atoms with Crippen molar-refractivity contribution < 1.29 is 19.3 Å². The fourth-order valence-corrected chi connectivity index (χ4v) is 2.30. The smallest absolute Gasteiger partial charge is 0.161 e. The van der Waals surface area contributed by atoms with Crippen molar-refractivity contribution in [3.8, 4) is 11.5 Å². The average Bonchev–Trinajstić information content (AvgIpc) is 2.33. The molecule has 1 saturated heterocycles. The maximum atomic E-state index is 9.49. The maximum absolute atomic E-state index is 9.49. The number of hydrogen-bond acceptors (Lipinski definition) is 4. The number of fused-ring (bicyclic) bond motifs is 1. The largest absolute Gasteiger partial charge is 0.486 e. The molecule has 1 aromatic carbocycles. The molecule has 0 spiro atoms. The Morgan fingerprint density at radius 3 is 2.59 bits per heavy atom. The summed E-state index contributed by atoms with van der Waals surface area (Å²) in [7, 11) is 0. The monoisotopic (exact) mass is 236 g/mol. The molecule has 0 bridgehead atoms. The van der Waals surface area contributed by atoms with E-state index in [0.717, 1.165) is 30.3 Å². The summed E-state index contributed by atoms with van der Waals surface area (Å²) < 4.78 is 16.2. The summed E-state index contributed by atoms with van der Waals surface area (Å²) in [5.41, 5.74) is 1.10. The van der Waals surface area contributed by atoms with E-state index in [1.165, 1.54) is 0 Å². The Morgan fingerprint density at radius 2 is 1.94 bits per heavy atom. The van der Waals surface area contributed by atoms with E-state index in [1.54, 1.807) is 0 Å². The highest BCUT2D eigenvalue weighted by Crippen LogP contribution is 2.36. The van der Waals surface area contributed by atoms with Crippen molar-refractivity contribution in [2.24, 2.45) is 5.92 Å². The van der Waals surface area contributed by atoms with Crippen LogP contribution in [0, 0.1) is 5.92 Å². The standard InChI is InChI=1S/C13H16O4/c14-6-11(10-7-15-8-10)9-1-2-12-13(5-9)17-4-3-16-12/h1-2,5,10-11,14H,3-4,6-8H2.